The minimum atomic E-state index is -3.02. The van der Waals surface area contributed by atoms with Crippen LogP contribution in [0.15, 0.2) is 24.3 Å². The lowest BCUT2D eigenvalue weighted by molar-refractivity contribution is 0.00211. The molecule has 0 aromatic heterocycles. The number of rotatable bonds is 4. The molecule has 0 radical (unpaired) electrons. The molecule has 0 aliphatic carbocycles. The molecule has 116 valence electrons. The Morgan fingerprint density at radius 2 is 1.76 bits per heavy atom. The standard InChI is InChI=1S/C15H19FO4S/c16-11-1-3-12(4-2-11)20-8-7-15(17)9-13-5-6-14(10-15)21(13,18)19/h1-4,13-14,17H,5-10H2. The number of ether oxygens (including phenoxy) is 1. The summed E-state index contributed by atoms with van der Waals surface area (Å²) in [6, 6.07) is 5.71. The van der Waals surface area contributed by atoms with Crippen molar-refractivity contribution < 1.29 is 22.7 Å². The van der Waals surface area contributed by atoms with E-state index in [2.05, 4.69) is 0 Å². The summed E-state index contributed by atoms with van der Waals surface area (Å²) in [7, 11) is -3.02. The molecule has 2 bridgehead atoms. The van der Waals surface area contributed by atoms with Gasteiger partial charge in [-0.05, 0) is 49.9 Å². The van der Waals surface area contributed by atoms with Gasteiger partial charge in [-0.3, -0.25) is 0 Å². The van der Waals surface area contributed by atoms with Gasteiger partial charge in [0.1, 0.15) is 11.6 Å². The fourth-order valence-corrected chi connectivity index (χ4v) is 5.99. The van der Waals surface area contributed by atoms with Gasteiger partial charge in [0.2, 0.25) is 0 Å². The lowest BCUT2D eigenvalue weighted by atomic mass is 9.90. The molecule has 2 fully saturated rings. The lowest BCUT2D eigenvalue weighted by Gasteiger charge is -2.36. The SMILES string of the molecule is O=S1(=O)C2CCC1CC(O)(CCOc1ccc(F)cc1)C2. The van der Waals surface area contributed by atoms with Gasteiger partial charge in [-0.1, -0.05) is 0 Å². The Morgan fingerprint density at radius 3 is 2.33 bits per heavy atom. The highest BCUT2D eigenvalue weighted by Crippen LogP contribution is 2.44. The van der Waals surface area contributed by atoms with Crippen LogP contribution in [0.5, 0.6) is 5.75 Å². The van der Waals surface area contributed by atoms with Gasteiger partial charge in [0, 0.05) is 6.42 Å². The van der Waals surface area contributed by atoms with Crippen LogP contribution in [0.1, 0.15) is 32.1 Å². The van der Waals surface area contributed by atoms with Gasteiger partial charge in [-0.2, -0.15) is 0 Å². The first kappa shape index (κ1) is 14.8. The van der Waals surface area contributed by atoms with Gasteiger partial charge in [-0.25, -0.2) is 12.8 Å². The van der Waals surface area contributed by atoms with E-state index in [4.69, 9.17) is 4.74 Å². The molecule has 3 rings (SSSR count). The van der Waals surface area contributed by atoms with Crippen LogP contribution >= 0.6 is 0 Å². The topological polar surface area (TPSA) is 63.6 Å². The molecular formula is C15H19FO4S. The third-order valence-corrected chi connectivity index (χ3v) is 7.27. The Morgan fingerprint density at radius 1 is 1.19 bits per heavy atom. The minimum Gasteiger partial charge on any atom is -0.493 e. The van der Waals surface area contributed by atoms with E-state index in [9.17, 15) is 17.9 Å². The van der Waals surface area contributed by atoms with E-state index in [0.717, 1.165) is 0 Å². The Balaban J connectivity index is 1.57. The molecule has 2 saturated heterocycles. The summed E-state index contributed by atoms with van der Waals surface area (Å²) in [4.78, 5) is 0. The van der Waals surface area contributed by atoms with Crippen LogP contribution in [0.4, 0.5) is 4.39 Å². The van der Waals surface area contributed by atoms with E-state index in [1.54, 1.807) is 0 Å². The average Bonchev–Trinajstić information content (AvgIpc) is 2.61. The molecule has 2 unspecified atom stereocenters. The molecule has 1 aromatic rings. The fourth-order valence-electron chi connectivity index (χ4n) is 3.43. The Labute approximate surface area is 123 Å². The zero-order chi connectivity index (χ0) is 15.1. The predicted octanol–water partition coefficient (Wildman–Crippen LogP) is 2.07. The average molecular weight is 314 g/mol. The second kappa shape index (κ2) is 5.25. The van der Waals surface area contributed by atoms with Crippen LogP contribution in [0.25, 0.3) is 0 Å². The monoisotopic (exact) mass is 314 g/mol. The number of hydrogen-bond acceptors (Lipinski definition) is 4. The van der Waals surface area contributed by atoms with Crippen LogP contribution in [-0.2, 0) is 9.84 Å². The van der Waals surface area contributed by atoms with Crippen molar-refractivity contribution in [2.75, 3.05) is 6.61 Å². The molecule has 0 spiro atoms. The summed E-state index contributed by atoms with van der Waals surface area (Å²) in [6.07, 6.45) is 2.33. The number of benzene rings is 1. The Hall–Kier alpha value is -1.14. The van der Waals surface area contributed by atoms with Gasteiger partial charge < -0.3 is 9.84 Å². The number of fused-ring (bicyclic) bond motifs is 2. The quantitative estimate of drug-likeness (QED) is 0.924. The van der Waals surface area contributed by atoms with E-state index in [0.29, 0.717) is 44.5 Å². The molecule has 6 heteroatoms. The van der Waals surface area contributed by atoms with Crippen LogP contribution in [0.2, 0.25) is 0 Å². The number of sulfone groups is 1. The molecule has 2 atom stereocenters. The molecule has 0 amide bonds. The zero-order valence-corrected chi connectivity index (χ0v) is 12.5. The maximum Gasteiger partial charge on any atom is 0.156 e. The third-order valence-electron chi connectivity index (χ3n) is 4.60. The molecule has 21 heavy (non-hydrogen) atoms. The summed E-state index contributed by atoms with van der Waals surface area (Å²) in [5, 5.41) is 9.81. The van der Waals surface area contributed by atoms with Crippen molar-refractivity contribution in [3.63, 3.8) is 0 Å². The molecule has 2 heterocycles. The summed E-state index contributed by atoms with van der Waals surface area (Å²) in [5.41, 5.74) is -0.961. The second-order valence-corrected chi connectivity index (χ2v) is 8.61. The molecule has 2 aliphatic rings. The van der Waals surface area contributed by atoms with Crippen molar-refractivity contribution in [1.29, 1.82) is 0 Å². The van der Waals surface area contributed by atoms with Crippen molar-refractivity contribution in [3.8, 4) is 5.75 Å². The first-order valence-corrected chi connectivity index (χ1v) is 8.83. The number of hydrogen-bond donors (Lipinski definition) is 1. The Kier molecular flexibility index (Phi) is 3.69. The van der Waals surface area contributed by atoms with Gasteiger partial charge >= 0.3 is 0 Å². The van der Waals surface area contributed by atoms with E-state index in [1.165, 1.54) is 24.3 Å². The number of aliphatic hydroxyl groups is 1. The highest BCUT2D eigenvalue weighted by atomic mass is 32.2. The maximum atomic E-state index is 12.8. The first-order valence-electron chi connectivity index (χ1n) is 7.23. The van der Waals surface area contributed by atoms with Gasteiger partial charge in [-0.15, -0.1) is 0 Å². The van der Waals surface area contributed by atoms with Gasteiger partial charge in [0.15, 0.2) is 9.84 Å². The highest BCUT2D eigenvalue weighted by molar-refractivity contribution is 7.93. The van der Waals surface area contributed by atoms with Crippen molar-refractivity contribution in [2.45, 2.75) is 48.2 Å². The summed E-state index contributed by atoms with van der Waals surface area (Å²) in [6.45, 7) is 0.293. The van der Waals surface area contributed by atoms with Crippen molar-refractivity contribution in [1.82, 2.24) is 0 Å². The Bertz CT molecular complexity index is 591. The summed E-state index contributed by atoms with van der Waals surface area (Å²) < 4.78 is 42.3. The van der Waals surface area contributed by atoms with E-state index in [-0.39, 0.29) is 5.82 Å². The van der Waals surface area contributed by atoms with Crippen molar-refractivity contribution in [3.05, 3.63) is 30.1 Å². The van der Waals surface area contributed by atoms with E-state index >= 15 is 0 Å². The smallest absolute Gasteiger partial charge is 0.156 e. The predicted molar refractivity (Wildman–Crippen MR) is 76.4 cm³/mol. The third kappa shape index (κ3) is 2.92. The second-order valence-electron chi connectivity index (χ2n) is 6.10. The highest BCUT2D eigenvalue weighted by Gasteiger charge is 2.52. The maximum absolute atomic E-state index is 12.8. The van der Waals surface area contributed by atoms with Gasteiger partial charge in [0.25, 0.3) is 0 Å². The molecule has 4 nitrogen and oxygen atoms in total. The summed E-state index contributed by atoms with van der Waals surface area (Å²) in [5.74, 6) is 0.224. The number of halogens is 1. The van der Waals surface area contributed by atoms with Crippen molar-refractivity contribution >= 4 is 9.84 Å². The van der Waals surface area contributed by atoms with Crippen LogP contribution in [0.3, 0.4) is 0 Å². The molecular weight excluding hydrogens is 295 g/mol. The van der Waals surface area contributed by atoms with E-state index < -0.39 is 25.9 Å². The van der Waals surface area contributed by atoms with Crippen LogP contribution in [-0.4, -0.2) is 36.2 Å². The molecule has 1 aromatic carbocycles. The minimum absolute atomic E-state index is 0.293. The summed E-state index contributed by atoms with van der Waals surface area (Å²) >= 11 is 0. The normalized spacial score (nSPS) is 33.8. The van der Waals surface area contributed by atoms with E-state index in [1.807, 2.05) is 0 Å². The first-order chi connectivity index (χ1) is 9.89. The fraction of sp³-hybridized carbons (Fsp3) is 0.600. The molecule has 1 N–H and O–H groups in total. The van der Waals surface area contributed by atoms with Crippen molar-refractivity contribution in [2.24, 2.45) is 0 Å². The van der Waals surface area contributed by atoms with Gasteiger partial charge in [0.05, 0.1) is 22.7 Å². The lowest BCUT2D eigenvalue weighted by Crippen LogP contribution is -2.45. The molecule has 2 aliphatic heterocycles. The largest absolute Gasteiger partial charge is 0.493 e. The van der Waals surface area contributed by atoms with Crippen LogP contribution < -0.4 is 4.74 Å². The zero-order valence-electron chi connectivity index (χ0n) is 11.7. The molecule has 0 saturated carbocycles. The van der Waals surface area contributed by atoms with Crippen LogP contribution in [0, 0.1) is 5.82 Å².